The van der Waals surface area contributed by atoms with Crippen LogP contribution in [0.4, 0.5) is 10.5 Å². The number of aromatic nitrogens is 2. The molecule has 3 rings (SSSR count). The smallest absolute Gasteiger partial charge is 0.407 e. The molecule has 2 aromatic carbocycles. The predicted molar refractivity (Wildman–Crippen MR) is 139 cm³/mol. The minimum absolute atomic E-state index is 0.0768. The zero-order valence-corrected chi connectivity index (χ0v) is 21.7. The van der Waals surface area contributed by atoms with E-state index in [1.54, 1.807) is 45.0 Å². The van der Waals surface area contributed by atoms with Gasteiger partial charge in [0.25, 0.3) is 11.8 Å². The number of rotatable bonds is 9. The Morgan fingerprint density at radius 1 is 0.947 bits per heavy atom. The monoisotopic (exact) mass is 521 g/mol. The minimum Gasteiger partial charge on any atom is -0.459 e. The third kappa shape index (κ3) is 8.47. The fourth-order valence-electron chi connectivity index (χ4n) is 3.21. The number of carbonyl (C=O) groups excluding carboxylic acids is 4. The number of hydrogen-bond acceptors (Lipinski definition) is 7. The van der Waals surface area contributed by atoms with Crippen LogP contribution in [-0.4, -0.2) is 45.5 Å². The van der Waals surface area contributed by atoms with Gasteiger partial charge in [0.1, 0.15) is 23.9 Å². The van der Waals surface area contributed by atoms with E-state index in [0.29, 0.717) is 5.69 Å². The molecule has 3 amide bonds. The Bertz CT molecular complexity index is 1270. The molecule has 200 valence electrons. The third-order valence-electron chi connectivity index (χ3n) is 5.05. The number of nitrogens with zero attached hydrogens (tertiary/aromatic N) is 1. The lowest BCUT2D eigenvalue weighted by atomic mass is 10.2. The molecule has 3 aromatic rings. The molecule has 0 radical (unpaired) electrons. The van der Waals surface area contributed by atoms with Crippen LogP contribution in [0.25, 0.3) is 0 Å². The van der Waals surface area contributed by atoms with Gasteiger partial charge in [-0.2, -0.15) is 0 Å². The molecular formula is C27H31N5O6. The number of esters is 1. The minimum atomic E-state index is -0.952. The number of aromatic amines is 1. The SMILES string of the molecule is C[C@H](NC(=O)c1[nH]cnc1C(=O)Nc1ccc(CNC(=O)OC(C)(C)C)cc1)C(=O)OCc1ccccc1. The topological polar surface area (TPSA) is 152 Å². The molecule has 0 saturated heterocycles. The molecule has 1 heterocycles. The first-order valence-corrected chi connectivity index (χ1v) is 11.9. The van der Waals surface area contributed by atoms with Crippen LogP contribution in [0.1, 0.15) is 59.8 Å². The average Bonchev–Trinajstić information content (AvgIpc) is 3.37. The first-order chi connectivity index (χ1) is 18.0. The van der Waals surface area contributed by atoms with E-state index in [1.165, 1.54) is 13.3 Å². The molecule has 1 atom stereocenters. The van der Waals surface area contributed by atoms with Gasteiger partial charge < -0.3 is 30.4 Å². The summed E-state index contributed by atoms with van der Waals surface area (Å²) in [6.07, 6.45) is 0.686. The van der Waals surface area contributed by atoms with Gasteiger partial charge in [0.15, 0.2) is 5.69 Å². The molecule has 0 saturated carbocycles. The van der Waals surface area contributed by atoms with Crippen molar-refractivity contribution in [1.29, 1.82) is 0 Å². The Kier molecular flexibility index (Phi) is 9.20. The van der Waals surface area contributed by atoms with Crippen LogP contribution in [0, 0.1) is 0 Å². The van der Waals surface area contributed by atoms with Crippen molar-refractivity contribution in [1.82, 2.24) is 20.6 Å². The number of amides is 3. The highest BCUT2D eigenvalue weighted by Crippen LogP contribution is 2.13. The molecule has 4 N–H and O–H groups in total. The summed E-state index contributed by atoms with van der Waals surface area (Å²) < 4.78 is 10.4. The van der Waals surface area contributed by atoms with E-state index in [4.69, 9.17) is 9.47 Å². The molecule has 0 aliphatic heterocycles. The lowest BCUT2D eigenvalue weighted by Crippen LogP contribution is -2.40. The maximum absolute atomic E-state index is 12.8. The lowest BCUT2D eigenvalue weighted by molar-refractivity contribution is -0.146. The number of carbonyl (C=O) groups is 4. The molecule has 1 aromatic heterocycles. The fraction of sp³-hybridized carbons (Fsp3) is 0.296. The highest BCUT2D eigenvalue weighted by atomic mass is 16.6. The second-order valence-corrected chi connectivity index (χ2v) is 9.42. The summed E-state index contributed by atoms with van der Waals surface area (Å²) in [4.78, 5) is 56.2. The second kappa shape index (κ2) is 12.5. The first-order valence-electron chi connectivity index (χ1n) is 11.9. The Balaban J connectivity index is 1.52. The average molecular weight is 522 g/mol. The van der Waals surface area contributed by atoms with Crippen LogP contribution in [0.15, 0.2) is 60.9 Å². The van der Waals surface area contributed by atoms with Gasteiger partial charge in [0, 0.05) is 12.2 Å². The van der Waals surface area contributed by atoms with Crippen molar-refractivity contribution in [2.75, 3.05) is 5.32 Å². The fourth-order valence-corrected chi connectivity index (χ4v) is 3.21. The number of H-pyrrole nitrogens is 1. The van der Waals surface area contributed by atoms with Gasteiger partial charge in [0.2, 0.25) is 0 Å². The number of hydrogen-bond donors (Lipinski definition) is 4. The van der Waals surface area contributed by atoms with Crippen molar-refractivity contribution in [3.05, 3.63) is 83.4 Å². The van der Waals surface area contributed by atoms with Gasteiger partial charge in [-0.15, -0.1) is 0 Å². The van der Waals surface area contributed by atoms with E-state index >= 15 is 0 Å². The largest absolute Gasteiger partial charge is 0.459 e. The Hall–Kier alpha value is -4.67. The van der Waals surface area contributed by atoms with Gasteiger partial charge in [-0.05, 0) is 51.0 Å². The summed E-state index contributed by atoms with van der Waals surface area (Å²) in [6.45, 7) is 7.15. The Labute approximate surface area is 220 Å². The highest BCUT2D eigenvalue weighted by Gasteiger charge is 2.24. The van der Waals surface area contributed by atoms with Crippen molar-refractivity contribution < 1.29 is 28.7 Å². The number of anilines is 1. The number of nitrogens with one attached hydrogen (secondary N) is 4. The zero-order chi connectivity index (χ0) is 27.7. The predicted octanol–water partition coefficient (Wildman–Crippen LogP) is 3.55. The molecule has 0 aliphatic rings. The summed E-state index contributed by atoms with van der Waals surface area (Å²) in [5.74, 6) is -1.91. The Morgan fingerprint density at radius 2 is 1.63 bits per heavy atom. The molecule has 0 bridgehead atoms. The van der Waals surface area contributed by atoms with Crippen molar-refractivity contribution >= 4 is 29.6 Å². The molecule has 0 spiro atoms. The van der Waals surface area contributed by atoms with Gasteiger partial charge in [0.05, 0.1) is 6.33 Å². The zero-order valence-electron chi connectivity index (χ0n) is 21.7. The van der Waals surface area contributed by atoms with E-state index in [1.807, 2.05) is 30.3 Å². The van der Waals surface area contributed by atoms with Crippen LogP contribution in [0.3, 0.4) is 0 Å². The van der Waals surface area contributed by atoms with Crippen LogP contribution in [-0.2, 0) is 27.4 Å². The van der Waals surface area contributed by atoms with Crippen molar-refractivity contribution in [2.45, 2.75) is 52.5 Å². The van der Waals surface area contributed by atoms with Crippen molar-refractivity contribution in [3.63, 3.8) is 0 Å². The second-order valence-electron chi connectivity index (χ2n) is 9.42. The molecule has 0 fully saturated rings. The van der Waals surface area contributed by atoms with E-state index in [9.17, 15) is 19.2 Å². The summed E-state index contributed by atoms with van der Waals surface area (Å²) in [7, 11) is 0. The van der Waals surface area contributed by atoms with Gasteiger partial charge in [-0.1, -0.05) is 42.5 Å². The van der Waals surface area contributed by atoms with Gasteiger partial charge >= 0.3 is 12.1 Å². The highest BCUT2D eigenvalue weighted by molar-refractivity contribution is 6.10. The Morgan fingerprint density at radius 3 is 2.29 bits per heavy atom. The maximum Gasteiger partial charge on any atom is 0.407 e. The summed E-state index contributed by atoms with van der Waals surface area (Å²) in [6, 6.07) is 15.0. The van der Waals surface area contributed by atoms with Crippen LogP contribution in [0.5, 0.6) is 0 Å². The van der Waals surface area contributed by atoms with Gasteiger partial charge in [-0.3, -0.25) is 9.59 Å². The maximum atomic E-state index is 12.8. The van der Waals surface area contributed by atoms with E-state index in [0.717, 1.165) is 11.1 Å². The number of alkyl carbamates (subject to hydrolysis) is 1. The first kappa shape index (κ1) is 27.9. The van der Waals surface area contributed by atoms with E-state index in [-0.39, 0.29) is 24.5 Å². The molecule has 11 heteroatoms. The number of imidazole rings is 1. The molecule has 0 aliphatic carbocycles. The molecular weight excluding hydrogens is 490 g/mol. The van der Waals surface area contributed by atoms with Crippen LogP contribution >= 0.6 is 0 Å². The summed E-state index contributed by atoms with van der Waals surface area (Å²) in [5, 5.41) is 7.84. The molecule has 11 nitrogen and oxygen atoms in total. The summed E-state index contributed by atoms with van der Waals surface area (Å²) >= 11 is 0. The number of benzene rings is 2. The molecule has 38 heavy (non-hydrogen) atoms. The quantitative estimate of drug-likeness (QED) is 0.314. The summed E-state index contributed by atoms with van der Waals surface area (Å²) in [5.41, 5.74) is 1.25. The van der Waals surface area contributed by atoms with E-state index in [2.05, 4.69) is 25.9 Å². The van der Waals surface area contributed by atoms with Gasteiger partial charge in [-0.25, -0.2) is 14.6 Å². The lowest BCUT2D eigenvalue weighted by Gasteiger charge is -2.19. The van der Waals surface area contributed by atoms with Crippen molar-refractivity contribution in [2.24, 2.45) is 0 Å². The third-order valence-corrected chi connectivity index (χ3v) is 5.05. The van der Waals surface area contributed by atoms with Crippen LogP contribution in [0.2, 0.25) is 0 Å². The van der Waals surface area contributed by atoms with Crippen LogP contribution < -0.4 is 16.0 Å². The number of ether oxygens (including phenoxy) is 2. The molecule has 0 unspecified atom stereocenters. The van der Waals surface area contributed by atoms with E-state index < -0.39 is 35.5 Å². The van der Waals surface area contributed by atoms with Crippen molar-refractivity contribution in [3.8, 4) is 0 Å². The standard InChI is InChI=1S/C27H31N5O6/c1-17(25(35)37-15-19-8-6-5-7-9-19)31-23(33)21-22(30-16-29-21)24(34)32-20-12-10-18(11-13-20)14-28-26(36)38-27(2,3)4/h5-13,16-17H,14-15H2,1-4H3,(H,28,36)(H,29,30)(H,31,33)(H,32,34)/t17-/m0/s1. The normalized spacial score (nSPS) is 11.7.